The molecule has 0 heteroatoms. The van der Waals surface area contributed by atoms with Crippen molar-refractivity contribution in [3.05, 3.63) is 0 Å². The molecule has 0 N–H and O–H groups in total. The number of rotatable bonds is 0. The highest BCUT2D eigenvalue weighted by Gasteiger charge is 2.07. The Bertz CT molecular complexity index is 105. The van der Waals surface area contributed by atoms with Crippen LogP contribution in [0.3, 0.4) is 0 Å². The van der Waals surface area contributed by atoms with E-state index in [0.717, 1.165) is 11.8 Å². The Labute approximate surface area is 154 Å². The van der Waals surface area contributed by atoms with Gasteiger partial charge in [0.25, 0.3) is 0 Å². The Morgan fingerprint density at radius 3 is 0.652 bits per heavy atom. The molecule has 0 aromatic heterocycles. The van der Waals surface area contributed by atoms with Crippen molar-refractivity contribution in [3.63, 3.8) is 0 Å². The van der Waals surface area contributed by atoms with Gasteiger partial charge in [0, 0.05) is 0 Å². The molecule has 0 unspecified atom stereocenters. The molecule has 0 aromatic carbocycles. The first-order valence-electron chi connectivity index (χ1n) is 10.3. The maximum absolute atomic E-state index is 2.36. The Morgan fingerprint density at radius 2 is 0.565 bits per heavy atom. The zero-order valence-electron chi connectivity index (χ0n) is 17.5. The Hall–Kier alpha value is 0. The van der Waals surface area contributed by atoms with Crippen LogP contribution < -0.4 is 0 Å². The summed E-state index contributed by atoms with van der Waals surface area (Å²) >= 11 is 0. The van der Waals surface area contributed by atoms with E-state index in [9.17, 15) is 0 Å². The van der Waals surface area contributed by atoms with Gasteiger partial charge in [-0.05, 0) is 11.8 Å². The largest absolute Gasteiger partial charge is 0.0776 e. The Balaban J connectivity index is -0.0000000417. The van der Waals surface area contributed by atoms with E-state index in [-0.39, 0.29) is 14.9 Å². The average molecular weight is 335 g/mol. The zero-order valence-corrected chi connectivity index (χ0v) is 17.5. The third kappa shape index (κ3) is 39.1. The smallest absolute Gasteiger partial charge is 0.0443 e. The van der Waals surface area contributed by atoms with E-state index in [1.165, 1.54) is 57.8 Å². The standard InChI is InChI=1S/C7H14.C6H12.4C2H6.2CH4/c1-7-5-3-2-4-6-7;1-6-4-2-3-5-6;4*1-2;;/h7H,2-6H2,1H3;6H,2-5H2,1H3;4*1-2H3;2*1H4. The molecule has 0 aromatic rings. The van der Waals surface area contributed by atoms with Gasteiger partial charge in [0.15, 0.2) is 0 Å². The van der Waals surface area contributed by atoms with E-state index in [4.69, 9.17) is 0 Å². The predicted octanol–water partition coefficient (Wildman–Crippen LogP) is 10.2. The Kier molecular flexibility index (Phi) is 72.2. The minimum Gasteiger partial charge on any atom is -0.0776 e. The molecule has 150 valence electrons. The molecule has 0 nitrogen and oxygen atoms in total. The summed E-state index contributed by atoms with van der Waals surface area (Å²) in [4.78, 5) is 0. The highest BCUT2D eigenvalue weighted by Crippen LogP contribution is 2.23. The second kappa shape index (κ2) is 43.1. The highest BCUT2D eigenvalue weighted by atomic mass is 14.1. The summed E-state index contributed by atoms with van der Waals surface area (Å²) in [6, 6.07) is 0. The second-order valence-electron chi connectivity index (χ2n) is 5.13. The van der Waals surface area contributed by atoms with Crippen molar-refractivity contribution in [2.45, 2.75) is 142 Å². The first-order valence-corrected chi connectivity index (χ1v) is 10.3. The van der Waals surface area contributed by atoms with Gasteiger partial charge in [-0.25, -0.2) is 0 Å². The van der Waals surface area contributed by atoms with Gasteiger partial charge in [0.1, 0.15) is 0 Å². The minimum absolute atomic E-state index is 0. The van der Waals surface area contributed by atoms with Crippen molar-refractivity contribution in [1.82, 2.24) is 0 Å². The molecule has 0 aliphatic heterocycles. The van der Waals surface area contributed by atoms with Gasteiger partial charge in [-0.2, -0.15) is 0 Å². The molecule has 2 aliphatic carbocycles. The van der Waals surface area contributed by atoms with Gasteiger partial charge in [-0.3, -0.25) is 0 Å². The summed E-state index contributed by atoms with van der Waals surface area (Å²) in [6.07, 6.45) is 13.4. The Morgan fingerprint density at radius 1 is 0.391 bits per heavy atom. The molecule has 0 radical (unpaired) electrons. The molecule has 2 aliphatic rings. The molecule has 0 bridgehead atoms. The van der Waals surface area contributed by atoms with Crippen LogP contribution >= 0.6 is 0 Å². The summed E-state index contributed by atoms with van der Waals surface area (Å²) in [5, 5.41) is 0. The summed E-state index contributed by atoms with van der Waals surface area (Å²) < 4.78 is 0. The summed E-state index contributed by atoms with van der Waals surface area (Å²) in [6.45, 7) is 20.7. The van der Waals surface area contributed by atoms with Crippen molar-refractivity contribution < 1.29 is 0 Å². The minimum atomic E-state index is 0. The van der Waals surface area contributed by atoms with Crippen molar-refractivity contribution in [1.29, 1.82) is 0 Å². The molecule has 2 saturated carbocycles. The lowest BCUT2D eigenvalue weighted by molar-refractivity contribution is 0.385. The van der Waals surface area contributed by atoms with Crippen LogP contribution in [0.5, 0.6) is 0 Å². The maximum atomic E-state index is 2.36. The fourth-order valence-electron chi connectivity index (χ4n) is 2.44. The average Bonchev–Trinajstić information content (AvgIpc) is 3.07. The fourth-order valence-corrected chi connectivity index (χ4v) is 2.44. The van der Waals surface area contributed by atoms with Gasteiger partial charge in [-0.1, -0.05) is 142 Å². The first-order chi connectivity index (χ1) is 10.3. The van der Waals surface area contributed by atoms with Crippen LogP contribution in [-0.2, 0) is 0 Å². The summed E-state index contributed by atoms with van der Waals surface area (Å²) in [5.74, 6) is 2.08. The van der Waals surface area contributed by atoms with Crippen LogP contribution in [0.1, 0.15) is 142 Å². The van der Waals surface area contributed by atoms with E-state index in [2.05, 4.69) is 13.8 Å². The molecule has 2 fully saturated rings. The third-order valence-corrected chi connectivity index (χ3v) is 3.54. The van der Waals surface area contributed by atoms with Gasteiger partial charge < -0.3 is 0 Å². The maximum Gasteiger partial charge on any atom is -0.0443 e. The van der Waals surface area contributed by atoms with Gasteiger partial charge >= 0.3 is 0 Å². The van der Waals surface area contributed by atoms with Crippen molar-refractivity contribution in [2.75, 3.05) is 0 Å². The highest BCUT2D eigenvalue weighted by molar-refractivity contribution is 4.60. The van der Waals surface area contributed by atoms with Crippen LogP contribution in [0, 0.1) is 11.8 Å². The molecule has 23 heavy (non-hydrogen) atoms. The van der Waals surface area contributed by atoms with Crippen molar-refractivity contribution in [2.24, 2.45) is 11.8 Å². The number of hydrogen-bond donors (Lipinski definition) is 0. The lowest BCUT2D eigenvalue weighted by atomic mass is 9.91. The molecule has 0 amide bonds. The van der Waals surface area contributed by atoms with Crippen molar-refractivity contribution in [3.8, 4) is 0 Å². The van der Waals surface area contributed by atoms with Gasteiger partial charge in [0.05, 0.1) is 0 Å². The van der Waals surface area contributed by atoms with Crippen LogP contribution in [0.25, 0.3) is 0 Å². The number of hydrogen-bond acceptors (Lipinski definition) is 0. The molecule has 0 atom stereocenters. The molecule has 0 heterocycles. The topological polar surface area (TPSA) is 0 Å². The van der Waals surface area contributed by atoms with E-state index in [1.54, 1.807) is 0 Å². The van der Waals surface area contributed by atoms with E-state index >= 15 is 0 Å². The molecule has 2 rings (SSSR count). The van der Waals surface area contributed by atoms with E-state index in [1.807, 2.05) is 55.4 Å². The third-order valence-electron chi connectivity index (χ3n) is 3.54. The second-order valence-corrected chi connectivity index (χ2v) is 5.13. The van der Waals surface area contributed by atoms with Crippen LogP contribution in [0.2, 0.25) is 0 Å². The zero-order chi connectivity index (χ0) is 17.5. The normalized spacial score (nSPS) is 15.4. The van der Waals surface area contributed by atoms with Crippen LogP contribution in [0.4, 0.5) is 0 Å². The monoisotopic (exact) mass is 334 g/mol. The van der Waals surface area contributed by atoms with Gasteiger partial charge in [0.2, 0.25) is 0 Å². The first kappa shape index (κ1) is 38.5. The molecular formula is C23H58. The van der Waals surface area contributed by atoms with Gasteiger partial charge in [-0.15, -0.1) is 0 Å². The molecule has 0 saturated heterocycles. The predicted molar refractivity (Wildman–Crippen MR) is 119 cm³/mol. The molecule has 0 spiro atoms. The van der Waals surface area contributed by atoms with Crippen molar-refractivity contribution >= 4 is 0 Å². The lowest BCUT2D eigenvalue weighted by Gasteiger charge is -2.15. The fraction of sp³-hybridized carbons (Fsp3) is 1.00. The summed E-state index contributed by atoms with van der Waals surface area (Å²) in [5.41, 5.74) is 0. The van der Waals surface area contributed by atoms with Crippen LogP contribution in [0.15, 0.2) is 0 Å². The lowest BCUT2D eigenvalue weighted by Crippen LogP contribution is -1.99. The van der Waals surface area contributed by atoms with E-state index in [0.29, 0.717) is 0 Å². The summed E-state index contributed by atoms with van der Waals surface area (Å²) in [7, 11) is 0. The quantitative estimate of drug-likeness (QED) is 0.413. The molecular weight excluding hydrogens is 276 g/mol. The SMILES string of the molecule is C.C.CC.CC.CC.CC.CC1CCCC1.CC1CCCCC1. The van der Waals surface area contributed by atoms with E-state index < -0.39 is 0 Å². The van der Waals surface area contributed by atoms with Crippen LogP contribution in [-0.4, -0.2) is 0 Å².